The Labute approximate surface area is 117 Å². The lowest BCUT2D eigenvalue weighted by Gasteiger charge is -2.14. The van der Waals surface area contributed by atoms with E-state index in [1.165, 1.54) is 23.8 Å². The first kappa shape index (κ1) is 14.8. The Balaban J connectivity index is 2.19. The summed E-state index contributed by atoms with van der Waals surface area (Å²) >= 11 is 0. The summed E-state index contributed by atoms with van der Waals surface area (Å²) in [4.78, 5) is 38.7. The molecule has 112 valence electrons. The van der Waals surface area contributed by atoms with Crippen molar-refractivity contribution in [2.75, 3.05) is 6.61 Å². The minimum atomic E-state index is -0.676. The summed E-state index contributed by atoms with van der Waals surface area (Å²) in [5.74, 6) is -0.468. The van der Waals surface area contributed by atoms with Crippen LogP contribution in [0.2, 0.25) is 0 Å². The molecule has 2 rings (SSSR count). The van der Waals surface area contributed by atoms with Gasteiger partial charge < -0.3 is 9.47 Å². The highest BCUT2D eigenvalue weighted by atomic mass is 16.6. The topological polar surface area (TPSA) is 141 Å². The van der Waals surface area contributed by atoms with Crippen LogP contribution in [0.25, 0.3) is 0 Å². The molecule has 1 fully saturated rings. The average molecular weight is 296 g/mol. The zero-order valence-corrected chi connectivity index (χ0v) is 11.2. The Kier molecular flexibility index (Phi) is 4.41. The van der Waals surface area contributed by atoms with Crippen LogP contribution in [-0.2, 0) is 14.3 Å². The van der Waals surface area contributed by atoms with Gasteiger partial charge in [-0.3, -0.25) is 19.1 Å². The molecule has 10 nitrogen and oxygen atoms in total. The number of hydrogen-bond donors (Lipinski definition) is 2. The van der Waals surface area contributed by atoms with Crippen LogP contribution in [0.4, 0.5) is 0 Å². The maximum Gasteiger partial charge on any atom is 0.330 e. The fraction of sp³-hybridized carbons (Fsp3) is 0.545. The van der Waals surface area contributed by atoms with Crippen LogP contribution < -0.4 is 16.2 Å². The maximum absolute atomic E-state index is 11.7. The molecular weight excluding hydrogens is 282 g/mol. The zero-order chi connectivity index (χ0) is 15.4. The summed E-state index contributed by atoms with van der Waals surface area (Å²) in [6, 6.07) is 0.691. The van der Waals surface area contributed by atoms with Gasteiger partial charge >= 0.3 is 11.7 Å². The lowest BCUT2D eigenvalue weighted by atomic mass is 10.1. The highest BCUT2D eigenvalue weighted by molar-refractivity contribution is 5.65. The van der Waals surface area contributed by atoms with Gasteiger partial charge in [-0.25, -0.2) is 4.79 Å². The summed E-state index contributed by atoms with van der Waals surface area (Å²) in [5.41, 5.74) is 5.68. The van der Waals surface area contributed by atoms with Crippen molar-refractivity contribution in [1.82, 2.24) is 14.5 Å². The molecule has 1 aliphatic rings. The molecule has 21 heavy (non-hydrogen) atoms. The van der Waals surface area contributed by atoms with Crippen molar-refractivity contribution >= 4 is 5.97 Å². The molecule has 1 saturated heterocycles. The van der Waals surface area contributed by atoms with E-state index in [1.807, 2.05) is 0 Å². The van der Waals surface area contributed by atoms with Gasteiger partial charge in [-0.15, -0.1) is 0 Å². The second-order valence-electron chi connectivity index (χ2n) is 4.47. The van der Waals surface area contributed by atoms with Gasteiger partial charge in [0.1, 0.15) is 29.6 Å². The quantitative estimate of drug-likeness (QED) is 0.429. The minimum absolute atomic E-state index is 0.0480. The van der Waals surface area contributed by atoms with E-state index in [2.05, 4.69) is 15.0 Å². The monoisotopic (exact) mass is 296 g/mol. The van der Waals surface area contributed by atoms with Gasteiger partial charge in [-0.05, 0) is 0 Å². The third-order valence-electron chi connectivity index (χ3n) is 3.02. The second kappa shape index (κ2) is 6.25. The molecule has 0 spiro atoms. The van der Waals surface area contributed by atoms with E-state index in [-0.39, 0.29) is 13.0 Å². The van der Waals surface area contributed by atoms with Gasteiger partial charge in [0.2, 0.25) is 4.91 Å². The molecule has 1 aromatic rings. The zero-order valence-electron chi connectivity index (χ0n) is 11.2. The number of hydrogen-bond acceptors (Lipinski definition) is 7. The summed E-state index contributed by atoms with van der Waals surface area (Å²) in [7, 11) is 0. The van der Waals surface area contributed by atoms with Crippen molar-refractivity contribution in [3.63, 3.8) is 0 Å². The number of carbonyl (C=O) groups excluding carboxylic acids is 1. The van der Waals surface area contributed by atoms with Crippen LogP contribution in [0.15, 0.2) is 27.0 Å². The van der Waals surface area contributed by atoms with E-state index >= 15 is 0 Å². The fourth-order valence-electron chi connectivity index (χ4n) is 2.09. The van der Waals surface area contributed by atoms with E-state index in [4.69, 9.17) is 15.0 Å². The number of nitrogens with one attached hydrogen (secondary N) is 2. The number of H-pyrrole nitrogens is 1. The first-order chi connectivity index (χ1) is 10.0. The Hall–Kier alpha value is -2.58. The SMILES string of the molecule is CC(=O)OCC1OC(n2ccc(=O)[nH]c2=O)CC1N=[N+]=N. The first-order valence-corrected chi connectivity index (χ1v) is 6.18. The van der Waals surface area contributed by atoms with E-state index < -0.39 is 35.6 Å². The van der Waals surface area contributed by atoms with Gasteiger partial charge in [-0.2, -0.15) is 0 Å². The summed E-state index contributed by atoms with van der Waals surface area (Å²) in [5, 5.41) is 3.69. The Morgan fingerprint density at radius 3 is 3.05 bits per heavy atom. The summed E-state index contributed by atoms with van der Waals surface area (Å²) in [6.07, 6.45) is 0.312. The predicted molar refractivity (Wildman–Crippen MR) is 67.6 cm³/mol. The van der Waals surface area contributed by atoms with Crippen molar-refractivity contribution in [3.05, 3.63) is 33.1 Å². The van der Waals surface area contributed by atoms with Crippen LogP contribution in [0.1, 0.15) is 19.6 Å². The molecule has 2 N–H and O–H groups in total. The summed E-state index contributed by atoms with van der Waals surface area (Å²) in [6.45, 7) is 1.22. The van der Waals surface area contributed by atoms with Crippen LogP contribution in [0.5, 0.6) is 0 Å². The number of rotatable bonds is 4. The Bertz CT molecular complexity index is 689. The molecule has 3 unspecified atom stereocenters. The smallest absolute Gasteiger partial charge is 0.330 e. The molecule has 1 aromatic heterocycles. The lowest BCUT2D eigenvalue weighted by molar-refractivity contribution is -0.146. The largest absolute Gasteiger partial charge is 0.463 e. The molecule has 0 aliphatic carbocycles. The van der Waals surface area contributed by atoms with Gasteiger partial charge in [0.15, 0.2) is 6.04 Å². The van der Waals surface area contributed by atoms with Crippen molar-refractivity contribution in [3.8, 4) is 0 Å². The number of aromatic amines is 1. The molecule has 0 aromatic carbocycles. The number of nitrogens with zero attached hydrogens (tertiary/aromatic N) is 3. The van der Waals surface area contributed by atoms with Gasteiger partial charge in [0.05, 0.1) is 0 Å². The van der Waals surface area contributed by atoms with E-state index in [0.717, 1.165) is 0 Å². The van der Waals surface area contributed by atoms with Gasteiger partial charge in [0, 0.05) is 25.6 Å². The van der Waals surface area contributed by atoms with E-state index in [9.17, 15) is 14.4 Å². The Morgan fingerprint density at radius 2 is 2.43 bits per heavy atom. The maximum atomic E-state index is 11.7. The average Bonchev–Trinajstić information content (AvgIpc) is 2.80. The van der Waals surface area contributed by atoms with Crippen LogP contribution in [0, 0.1) is 5.53 Å². The highest BCUT2D eigenvalue weighted by Crippen LogP contribution is 2.29. The Morgan fingerprint density at radius 1 is 1.67 bits per heavy atom. The standard InChI is InChI=1S/C11H13N5O5/c1-6(17)20-5-8-7(14-15-12)4-10(21-8)16-3-2-9(18)13-11(16)19/h2-3,7-8,10,12H,4-5H2,1H3/p+1. The van der Waals surface area contributed by atoms with Crippen molar-refractivity contribution in [2.24, 2.45) is 5.11 Å². The molecule has 2 heterocycles. The van der Waals surface area contributed by atoms with Crippen molar-refractivity contribution in [2.45, 2.75) is 31.7 Å². The van der Waals surface area contributed by atoms with E-state index in [0.29, 0.717) is 0 Å². The highest BCUT2D eigenvalue weighted by Gasteiger charge is 2.40. The number of aromatic nitrogens is 2. The summed E-state index contributed by atoms with van der Waals surface area (Å²) < 4.78 is 11.7. The molecule has 0 saturated carbocycles. The number of carbonyl (C=O) groups is 1. The lowest BCUT2D eigenvalue weighted by Crippen LogP contribution is -2.32. The molecule has 0 bridgehead atoms. The minimum Gasteiger partial charge on any atom is -0.463 e. The predicted octanol–water partition coefficient (Wildman–Crippen LogP) is -0.694. The van der Waals surface area contributed by atoms with Crippen molar-refractivity contribution in [1.29, 1.82) is 5.53 Å². The van der Waals surface area contributed by atoms with Crippen molar-refractivity contribution < 1.29 is 14.3 Å². The van der Waals surface area contributed by atoms with E-state index in [1.54, 1.807) is 0 Å². The molecular formula is C11H14N5O5+. The third kappa shape index (κ3) is 3.50. The molecule has 3 atom stereocenters. The fourth-order valence-corrected chi connectivity index (χ4v) is 2.09. The van der Waals surface area contributed by atoms with Crippen LogP contribution in [0.3, 0.4) is 0 Å². The van der Waals surface area contributed by atoms with Gasteiger partial charge in [-0.1, -0.05) is 0 Å². The molecule has 1 aliphatic heterocycles. The normalized spacial score (nSPS) is 24.3. The number of ether oxygens (including phenoxy) is 2. The third-order valence-corrected chi connectivity index (χ3v) is 3.02. The van der Waals surface area contributed by atoms with Crippen LogP contribution in [-0.4, -0.2) is 34.3 Å². The van der Waals surface area contributed by atoms with Gasteiger partial charge in [0.25, 0.3) is 5.56 Å². The molecule has 0 amide bonds. The molecule has 0 radical (unpaired) electrons. The number of esters is 1. The first-order valence-electron chi connectivity index (χ1n) is 6.18. The second-order valence-corrected chi connectivity index (χ2v) is 4.47. The van der Waals surface area contributed by atoms with Crippen LogP contribution >= 0.6 is 0 Å². The molecule has 10 heteroatoms.